The van der Waals surface area contributed by atoms with Crippen LogP contribution < -0.4 is 4.90 Å². The highest BCUT2D eigenvalue weighted by atomic mass is 35.5. The molecule has 25 heavy (non-hydrogen) atoms. The van der Waals surface area contributed by atoms with Crippen LogP contribution in [0.3, 0.4) is 0 Å². The lowest BCUT2D eigenvalue weighted by atomic mass is 9.85. The number of rotatable bonds is 4. The number of carbonyl (C=O) groups is 1. The normalized spacial score (nSPS) is 11.5. The van der Waals surface area contributed by atoms with E-state index in [2.05, 4.69) is 0 Å². The predicted octanol–water partition coefficient (Wildman–Crippen LogP) is 5.49. The van der Waals surface area contributed by atoms with E-state index in [4.69, 9.17) is 23.2 Å². The van der Waals surface area contributed by atoms with Crippen LogP contribution in [-0.4, -0.2) is 25.0 Å². The largest absolute Gasteiger partial charge is 0.508 e. The van der Waals surface area contributed by atoms with Gasteiger partial charge in [-0.3, -0.25) is 4.79 Å². The Morgan fingerprint density at radius 3 is 2.12 bits per heavy atom. The topological polar surface area (TPSA) is 40.5 Å². The number of nitrogens with zero attached hydrogens (tertiary/aromatic N) is 1. The Balaban J connectivity index is 2.35. The quantitative estimate of drug-likeness (QED) is 0.714. The fourth-order valence-electron chi connectivity index (χ4n) is 2.65. The maximum atomic E-state index is 12.7. The molecule has 134 valence electrons. The maximum Gasteiger partial charge on any atom is 0.170 e. The fraction of sp³-hybridized carbons (Fsp3) is 0.350. The van der Waals surface area contributed by atoms with Crippen molar-refractivity contribution < 1.29 is 9.90 Å². The third-order valence-electron chi connectivity index (χ3n) is 4.06. The van der Waals surface area contributed by atoms with Crippen LogP contribution in [-0.2, 0) is 11.8 Å². The first-order chi connectivity index (χ1) is 11.5. The first kappa shape index (κ1) is 19.6. The Morgan fingerprint density at radius 2 is 1.64 bits per heavy atom. The summed E-state index contributed by atoms with van der Waals surface area (Å²) in [7, 11) is 3.77. The molecule has 3 nitrogen and oxygen atoms in total. The second kappa shape index (κ2) is 7.27. The van der Waals surface area contributed by atoms with Gasteiger partial charge in [-0.05, 0) is 34.7 Å². The van der Waals surface area contributed by atoms with E-state index in [1.165, 1.54) is 0 Å². The van der Waals surface area contributed by atoms with Crippen molar-refractivity contribution >= 4 is 34.7 Å². The number of hydrogen-bond acceptors (Lipinski definition) is 3. The average molecular weight is 380 g/mol. The zero-order valence-electron chi connectivity index (χ0n) is 15.2. The zero-order chi connectivity index (χ0) is 18.9. The summed E-state index contributed by atoms with van der Waals surface area (Å²) in [5.74, 6) is 0.0842. The molecule has 0 unspecified atom stereocenters. The highest BCUT2D eigenvalue weighted by molar-refractivity contribution is 6.40. The summed E-state index contributed by atoms with van der Waals surface area (Å²) >= 11 is 12.6. The Kier molecular flexibility index (Phi) is 5.70. The van der Waals surface area contributed by atoms with E-state index < -0.39 is 0 Å². The summed E-state index contributed by atoms with van der Waals surface area (Å²) in [5, 5.41) is 10.7. The van der Waals surface area contributed by atoms with E-state index in [0.717, 1.165) is 16.8 Å². The van der Waals surface area contributed by atoms with E-state index >= 15 is 0 Å². The monoisotopic (exact) mass is 379 g/mol. The second-order valence-corrected chi connectivity index (χ2v) is 8.19. The minimum Gasteiger partial charge on any atom is -0.508 e. The first-order valence-corrected chi connectivity index (χ1v) is 8.78. The van der Waals surface area contributed by atoms with Gasteiger partial charge in [-0.2, -0.15) is 0 Å². The molecule has 0 aromatic heterocycles. The molecule has 0 aliphatic carbocycles. The number of benzene rings is 2. The molecule has 0 radical (unpaired) electrons. The van der Waals surface area contributed by atoms with Crippen LogP contribution in [0.25, 0.3) is 0 Å². The van der Waals surface area contributed by atoms with Gasteiger partial charge in [0.25, 0.3) is 0 Å². The molecule has 2 rings (SSSR count). The molecule has 0 heterocycles. The van der Waals surface area contributed by atoms with Gasteiger partial charge in [-0.25, -0.2) is 0 Å². The number of phenols is 1. The predicted molar refractivity (Wildman–Crippen MR) is 106 cm³/mol. The summed E-state index contributed by atoms with van der Waals surface area (Å²) in [5.41, 5.74) is 2.58. The summed E-state index contributed by atoms with van der Waals surface area (Å²) < 4.78 is 0. The van der Waals surface area contributed by atoms with Crippen molar-refractivity contribution in [1.82, 2.24) is 0 Å². The fourth-order valence-corrected chi connectivity index (χ4v) is 3.34. The van der Waals surface area contributed by atoms with Gasteiger partial charge in [0.15, 0.2) is 5.78 Å². The van der Waals surface area contributed by atoms with E-state index in [-0.39, 0.29) is 23.4 Å². The molecule has 0 aliphatic rings. The lowest BCUT2D eigenvalue weighted by Gasteiger charge is -2.21. The van der Waals surface area contributed by atoms with Gasteiger partial charge in [-0.15, -0.1) is 0 Å². The molecule has 0 bridgehead atoms. The number of anilines is 1. The molecule has 0 atom stereocenters. The van der Waals surface area contributed by atoms with Crippen LogP contribution in [0.5, 0.6) is 5.75 Å². The number of phenolic OH excluding ortho intramolecular Hbond substituents is 1. The number of carbonyl (C=O) groups excluding carboxylic acids is 1. The molecule has 5 heteroatoms. The van der Waals surface area contributed by atoms with Gasteiger partial charge >= 0.3 is 0 Å². The van der Waals surface area contributed by atoms with Crippen molar-refractivity contribution in [3.05, 3.63) is 57.1 Å². The summed E-state index contributed by atoms with van der Waals surface area (Å²) in [6, 6.07) is 8.71. The Labute approximate surface area is 159 Å². The smallest absolute Gasteiger partial charge is 0.170 e. The summed E-state index contributed by atoms with van der Waals surface area (Å²) in [6.45, 7) is 6.05. The van der Waals surface area contributed by atoms with Gasteiger partial charge in [0.1, 0.15) is 5.75 Å². The molecule has 2 aromatic rings. The first-order valence-electron chi connectivity index (χ1n) is 8.02. The lowest BCUT2D eigenvalue weighted by Crippen LogP contribution is -2.13. The Bertz CT molecular complexity index is 785. The second-order valence-electron chi connectivity index (χ2n) is 7.38. The van der Waals surface area contributed by atoms with E-state index in [0.29, 0.717) is 15.6 Å². The van der Waals surface area contributed by atoms with E-state index in [9.17, 15) is 9.90 Å². The highest BCUT2D eigenvalue weighted by Gasteiger charge is 2.21. The van der Waals surface area contributed by atoms with Crippen LogP contribution in [0.2, 0.25) is 10.0 Å². The molecule has 2 aromatic carbocycles. The number of hydrogen-bond donors (Lipinski definition) is 1. The van der Waals surface area contributed by atoms with Crippen LogP contribution in [0, 0.1) is 0 Å². The lowest BCUT2D eigenvalue weighted by molar-refractivity contribution is 0.0993. The Hall–Kier alpha value is -1.71. The molecule has 0 amide bonds. The van der Waals surface area contributed by atoms with Crippen LogP contribution in [0.4, 0.5) is 5.69 Å². The number of Topliss-reactive ketones (excluding diaryl/α,β-unsaturated/α-hetero) is 1. The summed E-state index contributed by atoms with van der Waals surface area (Å²) in [6.07, 6.45) is 0.171. The maximum absolute atomic E-state index is 12.7. The van der Waals surface area contributed by atoms with Gasteiger partial charge in [0.05, 0.1) is 15.6 Å². The van der Waals surface area contributed by atoms with Crippen molar-refractivity contribution in [3.8, 4) is 5.75 Å². The standard InChI is InChI=1S/C20H23Cl2NO2/c1-20(2,3)14-8-12(6-7-17(14)24)9-18(25)19-15(21)10-13(23(4)5)11-16(19)22/h6-8,10-11,24H,9H2,1-5H3. The van der Waals surface area contributed by atoms with Crippen molar-refractivity contribution in [2.45, 2.75) is 32.6 Å². The van der Waals surface area contributed by atoms with Crippen molar-refractivity contribution in [2.75, 3.05) is 19.0 Å². The molecule has 0 saturated heterocycles. The van der Waals surface area contributed by atoms with E-state index in [1.54, 1.807) is 24.3 Å². The number of ketones is 1. The minimum atomic E-state index is -0.216. The van der Waals surface area contributed by atoms with Gasteiger partial charge in [0.2, 0.25) is 0 Å². The number of aromatic hydroxyl groups is 1. The third kappa shape index (κ3) is 4.47. The van der Waals surface area contributed by atoms with Crippen molar-refractivity contribution in [2.24, 2.45) is 0 Å². The van der Waals surface area contributed by atoms with Crippen LogP contribution in [0.15, 0.2) is 30.3 Å². The molecule has 0 spiro atoms. The average Bonchev–Trinajstić information content (AvgIpc) is 2.47. The van der Waals surface area contributed by atoms with Gasteiger partial charge < -0.3 is 10.0 Å². The Morgan fingerprint density at radius 1 is 1.08 bits per heavy atom. The highest BCUT2D eigenvalue weighted by Crippen LogP contribution is 2.33. The van der Waals surface area contributed by atoms with Crippen molar-refractivity contribution in [3.63, 3.8) is 0 Å². The van der Waals surface area contributed by atoms with Crippen LogP contribution >= 0.6 is 23.2 Å². The van der Waals surface area contributed by atoms with Crippen LogP contribution in [0.1, 0.15) is 42.3 Å². The molecular weight excluding hydrogens is 357 g/mol. The van der Waals surface area contributed by atoms with Crippen molar-refractivity contribution in [1.29, 1.82) is 0 Å². The summed E-state index contributed by atoms with van der Waals surface area (Å²) in [4.78, 5) is 14.6. The van der Waals surface area contributed by atoms with Gasteiger partial charge in [-0.1, -0.05) is 56.1 Å². The van der Waals surface area contributed by atoms with E-state index in [1.807, 2.05) is 45.8 Å². The molecular formula is C20H23Cl2NO2. The SMILES string of the molecule is CN(C)c1cc(Cl)c(C(=O)Cc2ccc(O)c(C(C)(C)C)c2)c(Cl)c1. The van der Waals surface area contributed by atoms with Gasteiger partial charge in [0, 0.05) is 26.2 Å². The minimum absolute atomic E-state index is 0.147. The molecule has 0 saturated carbocycles. The zero-order valence-corrected chi connectivity index (χ0v) is 16.7. The third-order valence-corrected chi connectivity index (χ3v) is 4.65. The number of halogens is 2. The molecule has 1 N–H and O–H groups in total. The molecule has 0 aliphatic heterocycles. The molecule has 0 fully saturated rings.